The molecule has 0 amide bonds. The molecule has 5 heteroatoms. The van der Waals surface area contributed by atoms with Gasteiger partial charge in [0.2, 0.25) is 0 Å². The number of rotatable bonds is 6. The van der Waals surface area contributed by atoms with E-state index in [1.54, 1.807) is 7.11 Å². The molecule has 2 atom stereocenters. The fraction of sp³-hybridized carbons (Fsp3) is 0.478. The summed E-state index contributed by atoms with van der Waals surface area (Å²) >= 11 is 1.92. The van der Waals surface area contributed by atoms with Crippen LogP contribution in [0, 0.1) is 5.92 Å². The van der Waals surface area contributed by atoms with Gasteiger partial charge in [0.25, 0.3) is 0 Å². The first-order valence-electron chi connectivity index (χ1n) is 10.2. The molecule has 0 bridgehead atoms. The lowest BCUT2D eigenvalue weighted by Gasteiger charge is -2.40. The van der Waals surface area contributed by atoms with Crippen molar-refractivity contribution in [1.82, 2.24) is 10.2 Å². The SMILES string of the molecule is CNC(C1CCN(Cc2cccc(OC)c2)CC1)C1CSc2ccccc2O1. The fourth-order valence-electron chi connectivity index (χ4n) is 4.44. The van der Waals surface area contributed by atoms with E-state index in [-0.39, 0.29) is 6.10 Å². The van der Waals surface area contributed by atoms with Gasteiger partial charge in [-0.15, -0.1) is 11.8 Å². The van der Waals surface area contributed by atoms with Crippen molar-refractivity contribution in [2.24, 2.45) is 5.92 Å². The maximum atomic E-state index is 6.38. The lowest BCUT2D eigenvalue weighted by molar-refractivity contribution is 0.0917. The van der Waals surface area contributed by atoms with Crippen LogP contribution in [-0.2, 0) is 6.54 Å². The first kappa shape index (κ1) is 19.6. The van der Waals surface area contributed by atoms with Crippen molar-refractivity contribution >= 4 is 11.8 Å². The number of hydrogen-bond donors (Lipinski definition) is 1. The van der Waals surface area contributed by atoms with E-state index in [0.29, 0.717) is 12.0 Å². The third-order valence-corrected chi connectivity index (χ3v) is 7.09. The Morgan fingerprint density at radius 3 is 2.79 bits per heavy atom. The lowest BCUT2D eigenvalue weighted by atomic mass is 9.86. The maximum absolute atomic E-state index is 6.38. The number of likely N-dealkylation sites (tertiary alicyclic amines) is 1. The molecule has 2 aliphatic heterocycles. The largest absolute Gasteiger partial charge is 0.497 e. The van der Waals surface area contributed by atoms with Crippen molar-refractivity contribution in [2.45, 2.75) is 36.4 Å². The van der Waals surface area contributed by atoms with Crippen LogP contribution in [-0.4, -0.2) is 50.0 Å². The van der Waals surface area contributed by atoms with Crippen LogP contribution in [0.5, 0.6) is 11.5 Å². The zero-order chi connectivity index (χ0) is 19.3. The Labute approximate surface area is 172 Å². The lowest BCUT2D eigenvalue weighted by Crippen LogP contribution is -2.51. The predicted molar refractivity (Wildman–Crippen MR) is 115 cm³/mol. The van der Waals surface area contributed by atoms with Crippen LogP contribution in [0.25, 0.3) is 0 Å². The Morgan fingerprint density at radius 2 is 2.00 bits per heavy atom. The van der Waals surface area contributed by atoms with Crippen LogP contribution in [0.4, 0.5) is 0 Å². The topological polar surface area (TPSA) is 33.7 Å². The van der Waals surface area contributed by atoms with Crippen LogP contribution in [0.3, 0.4) is 0 Å². The zero-order valence-electron chi connectivity index (χ0n) is 16.8. The predicted octanol–water partition coefficient (Wildman–Crippen LogP) is 4.05. The molecule has 2 unspecified atom stereocenters. The Hall–Kier alpha value is -1.69. The molecule has 2 heterocycles. The van der Waals surface area contributed by atoms with Gasteiger partial charge in [0.05, 0.1) is 7.11 Å². The Kier molecular flexibility index (Phi) is 6.45. The molecular formula is C23H30N2O2S. The molecule has 0 saturated carbocycles. The van der Waals surface area contributed by atoms with Crippen molar-refractivity contribution in [3.63, 3.8) is 0 Å². The quantitative estimate of drug-likeness (QED) is 0.794. The van der Waals surface area contributed by atoms with Gasteiger partial charge in [0, 0.05) is 23.2 Å². The van der Waals surface area contributed by atoms with E-state index < -0.39 is 0 Å². The zero-order valence-corrected chi connectivity index (χ0v) is 17.6. The summed E-state index contributed by atoms with van der Waals surface area (Å²) in [5, 5.41) is 3.58. The summed E-state index contributed by atoms with van der Waals surface area (Å²) in [6.45, 7) is 3.27. The second-order valence-corrected chi connectivity index (χ2v) is 8.76. The Morgan fingerprint density at radius 1 is 1.18 bits per heavy atom. The highest BCUT2D eigenvalue weighted by Gasteiger charge is 2.34. The standard InChI is InChI=1S/C23H30N2O2S/c1-24-23(21-16-28-22-9-4-3-8-20(22)27-21)18-10-12-25(13-11-18)15-17-6-5-7-19(14-17)26-2/h3-9,14,18,21,23-24H,10-13,15-16H2,1-2H3. The molecule has 0 aromatic heterocycles. The van der Waals surface area contributed by atoms with Crippen molar-refractivity contribution in [3.05, 3.63) is 54.1 Å². The average molecular weight is 399 g/mol. The molecule has 2 aliphatic rings. The first-order valence-corrected chi connectivity index (χ1v) is 11.2. The number of fused-ring (bicyclic) bond motifs is 1. The monoisotopic (exact) mass is 398 g/mol. The molecule has 1 fully saturated rings. The van der Waals surface area contributed by atoms with Gasteiger partial charge in [0.1, 0.15) is 17.6 Å². The summed E-state index contributed by atoms with van der Waals surface area (Å²) < 4.78 is 11.7. The molecule has 4 nitrogen and oxygen atoms in total. The number of piperidine rings is 1. The van der Waals surface area contributed by atoms with Gasteiger partial charge < -0.3 is 14.8 Å². The fourth-order valence-corrected chi connectivity index (χ4v) is 5.49. The summed E-state index contributed by atoms with van der Waals surface area (Å²) in [6, 6.07) is 17.2. The highest BCUT2D eigenvalue weighted by Crippen LogP contribution is 2.37. The van der Waals surface area contributed by atoms with E-state index in [0.717, 1.165) is 36.9 Å². The summed E-state index contributed by atoms with van der Waals surface area (Å²) in [6.07, 6.45) is 2.66. The van der Waals surface area contributed by atoms with Gasteiger partial charge in [-0.3, -0.25) is 4.90 Å². The van der Waals surface area contributed by atoms with Crippen molar-refractivity contribution < 1.29 is 9.47 Å². The number of nitrogens with zero attached hydrogens (tertiary/aromatic N) is 1. The number of methoxy groups -OCH3 is 1. The number of thioether (sulfide) groups is 1. The highest BCUT2D eigenvalue weighted by molar-refractivity contribution is 7.99. The molecule has 2 aromatic rings. The van der Waals surface area contributed by atoms with Crippen LogP contribution in [0.2, 0.25) is 0 Å². The number of para-hydroxylation sites is 1. The van der Waals surface area contributed by atoms with Gasteiger partial charge in [0.15, 0.2) is 0 Å². The van der Waals surface area contributed by atoms with Gasteiger partial charge in [-0.25, -0.2) is 0 Å². The molecule has 0 radical (unpaired) electrons. The molecule has 1 N–H and O–H groups in total. The summed E-state index contributed by atoms with van der Waals surface area (Å²) in [5.41, 5.74) is 1.33. The van der Waals surface area contributed by atoms with Gasteiger partial charge in [-0.1, -0.05) is 24.3 Å². The minimum atomic E-state index is 0.236. The second-order valence-electron chi connectivity index (χ2n) is 7.69. The molecule has 2 aromatic carbocycles. The number of ether oxygens (including phenoxy) is 2. The first-order chi connectivity index (χ1) is 13.8. The minimum Gasteiger partial charge on any atom is -0.497 e. The van der Waals surface area contributed by atoms with Gasteiger partial charge >= 0.3 is 0 Å². The van der Waals surface area contributed by atoms with Crippen LogP contribution >= 0.6 is 11.8 Å². The van der Waals surface area contributed by atoms with Gasteiger partial charge in [-0.2, -0.15) is 0 Å². The maximum Gasteiger partial charge on any atom is 0.133 e. The average Bonchev–Trinajstić information content (AvgIpc) is 2.75. The molecule has 28 heavy (non-hydrogen) atoms. The number of likely N-dealkylation sites (N-methyl/N-ethyl adjacent to an activating group) is 1. The number of nitrogens with one attached hydrogen (secondary N) is 1. The normalized spacial score (nSPS) is 21.6. The summed E-state index contributed by atoms with van der Waals surface area (Å²) in [7, 11) is 3.81. The Bertz CT molecular complexity index is 777. The van der Waals surface area contributed by atoms with Crippen molar-refractivity contribution in [3.8, 4) is 11.5 Å². The molecule has 0 aliphatic carbocycles. The van der Waals surface area contributed by atoms with Crippen molar-refractivity contribution in [2.75, 3.05) is 33.0 Å². The van der Waals surface area contributed by atoms with Crippen molar-refractivity contribution in [1.29, 1.82) is 0 Å². The molecular weight excluding hydrogens is 368 g/mol. The van der Waals surface area contributed by atoms with Gasteiger partial charge in [-0.05, 0) is 68.7 Å². The molecule has 1 saturated heterocycles. The smallest absolute Gasteiger partial charge is 0.133 e. The molecule has 4 rings (SSSR count). The molecule has 0 spiro atoms. The van der Waals surface area contributed by atoms with Crippen LogP contribution < -0.4 is 14.8 Å². The van der Waals surface area contributed by atoms with E-state index in [4.69, 9.17) is 9.47 Å². The van der Waals surface area contributed by atoms with E-state index in [1.165, 1.54) is 23.3 Å². The van der Waals surface area contributed by atoms with E-state index in [9.17, 15) is 0 Å². The third kappa shape index (κ3) is 4.48. The van der Waals surface area contributed by atoms with E-state index in [2.05, 4.69) is 59.7 Å². The molecule has 150 valence electrons. The number of hydrogen-bond acceptors (Lipinski definition) is 5. The highest BCUT2D eigenvalue weighted by atomic mass is 32.2. The number of benzene rings is 2. The summed E-state index contributed by atoms with van der Waals surface area (Å²) in [4.78, 5) is 3.82. The van der Waals surface area contributed by atoms with E-state index >= 15 is 0 Å². The second kappa shape index (κ2) is 9.21. The third-order valence-electron chi connectivity index (χ3n) is 5.94. The van der Waals surface area contributed by atoms with Crippen LogP contribution in [0.1, 0.15) is 18.4 Å². The summed E-state index contributed by atoms with van der Waals surface area (Å²) in [5.74, 6) is 3.66. The van der Waals surface area contributed by atoms with E-state index in [1.807, 2.05) is 17.8 Å². The van der Waals surface area contributed by atoms with Crippen LogP contribution in [0.15, 0.2) is 53.4 Å². The Balaban J connectivity index is 1.33. The minimum absolute atomic E-state index is 0.236.